The fourth-order valence-corrected chi connectivity index (χ4v) is 2.09. The van der Waals surface area contributed by atoms with Crippen molar-refractivity contribution in [1.82, 2.24) is 0 Å². The Morgan fingerprint density at radius 3 is 2.68 bits per heavy atom. The number of carbonyl (C=O) groups excluding carboxylic acids is 1. The molecule has 2 aromatic rings. The standard InChI is InChI=1S/C16H15ClF2N2O/c1-10-12(17)3-2-4-14(10)20-8-7-16(22)21-15-6-5-11(18)9-13(15)19/h2-6,9,20H,7-8H2,1H3,(H,21,22). The lowest BCUT2D eigenvalue weighted by atomic mass is 10.2. The summed E-state index contributed by atoms with van der Waals surface area (Å²) in [4.78, 5) is 11.8. The number of halogens is 3. The molecule has 0 aromatic heterocycles. The quantitative estimate of drug-likeness (QED) is 0.857. The van der Waals surface area contributed by atoms with Crippen LogP contribution in [0.4, 0.5) is 20.2 Å². The van der Waals surface area contributed by atoms with Crippen LogP contribution in [0, 0.1) is 18.6 Å². The van der Waals surface area contributed by atoms with E-state index in [1.165, 1.54) is 6.07 Å². The van der Waals surface area contributed by atoms with E-state index >= 15 is 0 Å². The number of carbonyl (C=O) groups is 1. The first-order valence-electron chi connectivity index (χ1n) is 6.71. The number of anilines is 2. The van der Waals surface area contributed by atoms with Gasteiger partial charge in [0.15, 0.2) is 0 Å². The molecule has 0 aliphatic carbocycles. The molecule has 0 atom stereocenters. The van der Waals surface area contributed by atoms with Crippen molar-refractivity contribution in [1.29, 1.82) is 0 Å². The van der Waals surface area contributed by atoms with Crippen molar-refractivity contribution in [3.8, 4) is 0 Å². The Morgan fingerprint density at radius 1 is 1.18 bits per heavy atom. The first-order valence-corrected chi connectivity index (χ1v) is 7.09. The largest absolute Gasteiger partial charge is 0.384 e. The average Bonchev–Trinajstić information content (AvgIpc) is 2.46. The van der Waals surface area contributed by atoms with Crippen molar-refractivity contribution in [3.63, 3.8) is 0 Å². The van der Waals surface area contributed by atoms with Crippen LogP contribution >= 0.6 is 11.6 Å². The normalized spacial score (nSPS) is 10.4. The van der Waals surface area contributed by atoms with Crippen molar-refractivity contribution in [2.24, 2.45) is 0 Å². The van der Waals surface area contributed by atoms with Gasteiger partial charge >= 0.3 is 0 Å². The molecule has 2 aromatic carbocycles. The van der Waals surface area contributed by atoms with Crippen LogP contribution < -0.4 is 10.6 Å². The molecule has 0 spiro atoms. The van der Waals surface area contributed by atoms with Gasteiger partial charge in [0.05, 0.1) is 5.69 Å². The highest BCUT2D eigenvalue weighted by atomic mass is 35.5. The van der Waals surface area contributed by atoms with Gasteiger partial charge in [0.25, 0.3) is 0 Å². The van der Waals surface area contributed by atoms with Crippen LogP contribution in [0.2, 0.25) is 5.02 Å². The van der Waals surface area contributed by atoms with Crippen LogP contribution in [0.3, 0.4) is 0 Å². The van der Waals surface area contributed by atoms with E-state index in [2.05, 4.69) is 10.6 Å². The van der Waals surface area contributed by atoms with Gasteiger partial charge in [-0.15, -0.1) is 0 Å². The molecule has 2 rings (SSSR count). The van der Waals surface area contributed by atoms with Crippen LogP contribution in [0.25, 0.3) is 0 Å². The molecule has 3 nitrogen and oxygen atoms in total. The summed E-state index contributed by atoms with van der Waals surface area (Å²) in [6.07, 6.45) is 0.142. The van der Waals surface area contributed by atoms with Crippen LogP contribution in [-0.2, 0) is 4.79 Å². The Morgan fingerprint density at radius 2 is 1.95 bits per heavy atom. The lowest BCUT2D eigenvalue weighted by Gasteiger charge is -2.11. The number of amides is 1. The lowest BCUT2D eigenvalue weighted by molar-refractivity contribution is -0.116. The van der Waals surface area contributed by atoms with Crippen LogP contribution in [0.15, 0.2) is 36.4 Å². The predicted octanol–water partition coefficient (Wildman–Crippen LogP) is 4.37. The van der Waals surface area contributed by atoms with E-state index in [9.17, 15) is 13.6 Å². The summed E-state index contributed by atoms with van der Waals surface area (Å²) in [6.45, 7) is 2.24. The number of hydrogen-bond donors (Lipinski definition) is 2. The topological polar surface area (TPSA) is 41.1 Å². The van der Waals surface area contributed by atoms with E-state index in [4.69, 9.17) is 11.6 Å². The van der Waals surface area contributed by atoms with Gasteiger partial charge in [-0.2, -0.15) is 0 Å². The van der Waals surface area contributed by atoms with E-state index in [-0.39, 0.29) is 18.0 Å². The van der Waals surface area contributed by atoms with Gasteiger partial charge in [-0.1, -0.05) is 17.7 Å². The molecular formula is C16H15ClF2N2O. The smallest absolute Gasteiger partial charge is 0.226 e. The summed E-state index contributed by atoms with van der Waals surface area (Å²) in [5.74, 6) is -1.85. The first kappa shape index (κ1) is 16.2. The summed E-state index contributed by atoms with van der Waals surface area (Å²) in [7, 11) is 0. The molecule has 0 saturated heterocycles. The molecule has 0 unspecified atom stereocenters. The van der Waals surface area contributed by atoms with Crippen molar-refractivity contribution in [2.75, 3.05) is 17.2 Å². The molecule has 116 valence electrons. The minimum Gasteiger partial charge on any atom is -0.384 e. The number of nitrogens with one attached hydrogen (secondary N) is 2. The molecular weight excluding hydrogens is 310 g/mol. The van der Waals surface area contributed by atoms with E-state index in [0.29, 0.717) is 11.6 Å². The van der Waals surface area contributed by atoms with E-state index in [1.807, 2.05) is 19.1 Å². The van der Waals surface area contributed by atoms with E-state index in [1.54, 1.807) is 6.07 Å². The van der Waals surface area contributed by atoms with Crippen LogP contribution in [0.1, 0.15) is 12.0 Å². The molecule has 0 heterocycles. The van der Waals surface area contributed by atoms with Gasteiger partial charge in [-0.05, 0) is 36.8 Å². The molecule has 6 heteroatoms. The van der Waals surface area contributed by atoms with Gasteiger partial charge in [0, 0.05) is 29.7 Å². The van der Waals surface area contributed by atoms with Crippen molar-refractivity contribution < 1.29 is 13.6 Å². The Bertz CT molecular complexity index is 692. The van der Waals surface area contributed by atoms with Crippen molar-refractivity contribution in [3.05, 3.63) is 58.6 Å². The minimum atomic E-state index is -0.799. The highest BCUT2D eigenvalue weighted by molar-refractivity contribution is 6.31. The molecule has 0 aliphatic rings. The Labute approximate surface area is 132 Å². The molecule has 22 heavy (non-hydrogen) atoms. The highest BCUT2D eigenvalue weighted by Gasteiger charge is 2.08. The second-order valence-electron chi connectivity index (χ2n) is 4.76. The summed E-state index contributed by atoms with van der Waals surface area (Å²) >= 11 is 6.00. The SMILES string of the molecule is Cc1c(Cl)cccc1NCCC(=O)Nc1ccc(F)cc1F. The third-order valence-electron chi connectivity index (χ3n) is 3.14. The molecule has 2 N–H and O–H groups in total. The summed E-state index contributed by atoms with van der Waals surface area (Å²) < 4.78 is 26.2. The zero-order valence-corrected chi connectivity index (χ0v) is 12.7. The second-order valence-corrected chi connectivity index (χ2v) is 5.17. The predicted molar refractivity (Wildman–Crippen MR) is 84.3 cm³/mol. The number of hydrogen-bond acceptors (Lipinski definition) is 2. The molecule has 0 saturated carbocycles. The Balaban J connectivity index is 1.87. The maximum atomic E-state index is 13.4. The average molecular weight is 325 g/mol. The summed E-state index contributed by atoms with van der Waals surface area (Å²) in [5.41, 5.74) is 1.70. The summed E-state index contributed by atoms with van der Waals surface area (Å²) in [6, 6.07) is 8.46. The Kier molecular flexibility index (Phi) is 5.33. The molecule has 1 amide bonds. The molecule has 0 bridgehead atoms. The molecule has 0 radical (unpaired) electrons. The first-order chi connectivity index (χ1) is 10.5. The van der Waals surface area contributed by atoms with Crippen molar-refractivity contribution >= 4 is 28.9 Å². The zero-order valence-electron chi connectivity index (χ0n) is 11.9. The second kappa shape index (κ2) is 7.22. The van der Waals surface area contributed by atoms with Gasteiger partial charge in [0.1, 0.15) is 11.6 Å². The minimum absolute atomic E-state index is 0.0367. The van der Waals surface area contributed by atoms with Crippen LogP contribution in [0.5, 0.6) is 0 Å². The lowest BCUT2D eigenvalue weighted by Crippen LogP contribution is -2.17. The number of rotatable bonds is 5. The molecule has 0 aliphatic heterocycles. The maximum Gasteiger partial charge on any atom is 0.226 e. The van der Waals surface area contributed by atoms with Gasteiger partial charge in [0.2, 0.25) is 5.91 Å². The van der Waals surface area contributed by atoms with E-state index in [0.717, 1.165) is 23.4 Å². The van der Waals surface area contributed by atoms with Gasteiger partial charge < -0.3 is 10.6 Å². The van der Waals surface area contributed by atoms with Crippen LogP contribution in [-0.4, -0.2) is 12.5 Å². The zero-order chi connectivity index (χ0) is 16.1. The van der Waals surface area contributed by atoms with E-state index < -0.39 is 11.6 Å². The number of benzene rings is 2. The fourth-order valence-electron chi connectivity index (χ4n) is 1.91. The summed E-state index contributed by atoms with van der Waals surface area (Å²) in [5, 5.41) is 6.14. The monoisotopic (exact) mass is 324 g/mol. The third-order valence-corrected chi connectivity index (χ3v) is 3.55. The fraction of sp³-hybridized carbons (Fsp3) is 0.188. The van der Waals surface area contributed by atoms with Crippen molar-refractivity contribution in [2.45, 2.75) is 13.3 Å². The Hall–Kier alpha value is -2.14. The van der Waals surface area contributed by atoms with Gasteiger partial charge in [-0.25, -0.2) is 8.78 Å². The van der Waals surface area contributed by atoms with Gasteiger partial charge in [-0.3, -0.25) is 4.79 Å². The maximum absolute atomic E-state index is 13.4. The molecule has 0 fully saturated rings. The third kappa shape index (κ3) is 4.18. The highest BCUT2D eigenvalue weighted by Crippen LogP contribution is 2.22.